The lowest BCUT2D eigenvalue weighted by atomic mass is 10.0. The predicted molar refractivity (Wildman–Crippen MR) is 67.1 cm³/mol. The summed E-state index contributed by atoms with van der Waals surface area (Å²) in [4.78, 5) is 11.9. The van der Waals surface area contributed by atoms with E-state index in [-0.39, 0.29) is 23.9 Å². The van der Waals surface area contributed by atoms with Gasteiger partial charge in [0.15, 0.2) is 0 Å². The summed E-state index contributed by atoms with van der Waals surface area (Å²) in [7, 11) is 0. The van der Waals surface area contributed by atoms with Crippen molar-refractivity contribution in [3.8, 4) is 0 Å². The minimum absolute atomic E-state index is 0.125. The van der Waals surface area contributed by atoms with E-state index in [2.05, 4.69) is 12.2 Å². The Bertz CT molecular complexity index is 218. The van der Waals surface area contributed by atoms with Crippen molar-refractivity contribution < 1.29 is 4.79 Å². The molecular weight excluding hydrogens is 200 g/mol. The van der Waals surface area contributed by atoms with E-state index in [4.69, 9.17) is 5.73 Å². The van der Waals surface area contributed by atoms with Crippen molar-refractivity contribution in [3.05, 3.63) is 0 Å². The van der Waals surface area contributed by atoms with Crippen LogP contribution in [0.3, 0.4) is 0 Å². The van der Waals surface area contributed by atoms with Crippen LogP contribution >= 0.6 is 0 Å². The summed E-state index contributed by atoms with van der Waals surface area (Å²) in [6.07, 6.45) is 7.78. The van der Waals surface area contributed by atoms with Gasteiger partial charge in [-0.2, -0.15) is 0 Å². The molecule has 0 aliphatic heterocycles. The molecule has 0 aromatic carbocycles. The Morgan fingerprint density at radius 2 is 2.06 bits per heavy atom. The topological polar surface area (TPSA) is 55.1 Å². The molecule has 3 atom stereocenters. The average molecular weight is 226 g/mol. The van der Waals surface area contributed by atoms with Gasteiger partial charge in [0.05, 0.1) is 0 Å². The standard InChI is InChI=1S/C13H26N2O/c1-3-7-10(2)13(16)15-12-9-6-4-5-8-11(12)14/h10-12H,3-9,14H2,1-2H3,(H,15,16). The van der Waals surface area contributed by atoms with Crippen LogP contribution in [0.1, 0.15) is 58.8 Å². The Morgan fingerprint density at radius 1 is 1.38 bits per heavy atom. The van der Waals surface area contributed by atoms with Gasteiger partial charge in [-0.15, -0.1) is 0 Å². The first-order valence-electron chi connectivity index (χ1n) is 6.71. The lowest BCUT2D eigenvalue weighted by molar-refractivity contribution is -0.125. The van der Waals surface area contributed by atoms with E-state index in [1.807, 2.05) is 6.92 Å². The SMILES string of the molecule is CCCC(C)C(=O)NC1CCCCCC1N. The molecule has 0 aromatic rings. The van der Waals surface area contributed by atoms with Gasteiger partial charge in [0.2, 0.25) is 5.91 Å². The third-order valence-electron chi connectivity index (χ3n) is 3.57. The van der Waals surface area contributed by atoms with Crippen LogP contribution in [0.15, 0.2) is 0 Å². The van der Waals surface area contributed by atoms with E-state index in [9.17, 15) is 4.79 Å². The fourth-order valence-corrected chi connectivity index (χ4v) is 2.40. The highest BCUT2D eigenvalue weighted by molar-refractivity contribution is 5.78. The molecule has 1 saturated carbocycles. The second-order valence-corrected chi connectivity index (χ2v) is 5.11. The lowest BCUT2D eigenvalue weighted by Gasteiger charge is -2.24. The van der Waals surface area contributed by atoms with E-state index in [0.717, 1.165) is 25.7 Å². The quantitative estimate of drug-likeness (QED) is 0.722. The van der Waals surface area contributed by atoms with Crippen molar-refractivity contribution >= 4 is 5.91 Å². The van der Waals surface area contributed by atoms with Crippen molar-refractivity contribution in [2.45, 2.75) is 70.9 Å². The van der Waals surface area contributed by atoms with Gasteiger partial charge in [-0.05, 0) is 19.3 Å². The molecule has 1 amide bonds. The highest BCUT2D eigenvalue weighted by Crippen LogP contribution is 2.17. The Kier molecular flexibility index (Phi) is 5.81. The highest BCUT2D eigenvalue weighted by atomic mass is 16.1. The third-order valence-corrected chi connectivity index (χ3v) is 3.57. The Balaban J connectivity index is 2.41. The maximum absolute atomic E-state index is 11.9. The van der Waals surface area contributed by atoms with E-state index in [1.54, 1.807) is 0 Å². The van der Waals surface area contributed by atoms with Gasteiger partial charge in [0, 0.05) is 18.0 Å². The van der Waals surface area contributed by atoms with Gasteiger partial charge in [0.25, 0.3) is 0 Å². The molecule has 0 heterocycles. The number of amides is 1. The molecule has 3 N–H and O–H groups in total. The van der Waals surface area contributed by atoms with Crippen LogP contribution in [0.2, 0.25) is 0 Å². The molecule has 3 heteroatoms. The molecule has 94 valence electrons. The van der Waals surface area contributed by atoms with Gasteiger partial charge in [0.1, 0.15) is 0 Å². The van der Waals surface area contributed by atoms with Crippen LogP contribution in [0.4, 0.5) is 0 Å². The van der Waals surface area contributed by atoms with Crippen molar-refractivity contribution in [2.24, 2.45) is 11.7 Å². The van der Waals surface area contributed by atoms with Gasteiger partial charge < -0.3 is 11.1 Å². The summed E-state index contributed by atoms with van der Waals surface area (Å²) in [6, 6.07) is 0.356. The molecular formula is C13H26N2O. The largest absolute Gasteiger partial charge is 0.352 e. The monoisotopic (exact) mass is 226 g/mol. The van der Waals surface area contributed by atoms with Crippen molar-refractivity contribution in [2.75, 3.05) is 0 Å². The summed E-state index contributed by atoms with van der Waals surface area (Å²) in [6.45, 7) is 4.11. The van der Waals surface area contributed by atoms with Crippen molar-refractivity contribution in [3.63, 3.8) is 0 Å². The molecule has 3 nitrogen and oxygen atoms in total. The normalized spacial score (nSPS) is 28.2. The Morgan fingerprint density at radius 3 is 2.75 bits per heavy atom. The number of hydrogen-bond acceptors (Lipinski definition) is 2. The smallest absolute Gasteiger partial charge is 0.223 e. The third kappa shape index (κ3) is 4.12. The van der Waals surface area contributed by atoms with Crippen LogP contribution < -0.4 is 11.1 Å². The zero-order valence-electron chi connectivity index (χ0n) is 10.7. The average Bonchev–Trinajstić information content (AvgIpc) is 2.45. The first-order chi connectivity index (χ1) is 7.65. The maximum Gasteiger partial charge on any atom is 0.223 e. The minimum atomic E-state index is 0.125. The van der Waals surface area contributed by atoms with Crippen molar-refractivity contribution in [1.82, 2.24) is 5.32 Å². The number of carbonyl (C=O) groups is 1. The molecule has 0 radical (unpaired) electrons. The molecule has 0 bridgehead atoms. The fraction of sp³-hybridized carbons (Fsp3) is 0.923. The molecule has 1 rings (SSSR count). The van der Waals surface area contributed by atoms with E-state index >= 15 is 0 Å². The summed E-state index contributed by atoms with van der Waals surface area (Å²) < 4.78 is 0. The molecule has 0 aromatic heterocycles. The molecule has 3 unspecified atom stereocenters. The number of nitrogens with one attached hydrogen (secondary N) is 1. The highest BCUT2D eigenvalue weighted by Gasteiger charge is 2.23. The summed E-state index contributed by atoms with van der Waals surface area (Å²) in [5, 5.41) is 3.13. The van der Waals surface area contributed by atoms with Crippen LogP contribution in [0.5, 0.6) is 0 Å². The van der Waals surface area contributed by atoms with Crippen molar-refractivity contribution in [1.29, 1.82) is 0 Å². The molecule has 0 spiro atoms. The number of carbonyl (C=O) groups excluding carboxylic acids is 1. The molecule has 0 saturated heterocycles. The summed E-state index contributed by atoms with van der Waals surface area (Å²) >= 11 is 0. The van der Waals surface area contributed by atoms with Gasteiger partial charge in [-0.25, -0.2) is 0 Å². The number of rotatable bonds is 4. The van der Waals surface area contributed by atoms with Gasteiger partial charge >= 0.3 is 0 Å². The van der Waals surface area contributed by atoms with Crippen LogP contribution in [-0.2, 0) is 4.79 Å². The van der Waals surface area contributed by atoms with E-state index in [1.165, 1.54) is 19.3 Å². The number of hydrogen-bond donors (Lipinski definition) is 2. The van der Waals surface area contributed by atoms with E-state index in [0.29, 0.717) is 0 Å². The Hall–Kier alpha value is -0.570. The van der Waals surface area contributed by atoms with Crippen LogP contribution in [0.25, 0.3) is 0 Å². The van der Waals surface area contributed by atoms with E-state index < -0.39 is 0 Å². The van der Waals surface area contributed by atoms with Gasteiger partial charge in [-0.3, -0.25) is 4.79 Å². The maximum atomic E-state index is 11.9. The Labute approximate surface area is 99.2 Å². The second kappa shape index (κ2) is 6.89. The number of nitrogens with two attached hydrogens (primary N) is 1. The first-order valence-corrected chi connectivity index (χ1v) is 6.71. The van der Waals surface area contributed by atoms with Gasteiger partial charge in [-0.1, -0.05) is 39.5 Å². The predicted octanol–water partition coefficient (Wildman–Crippen LogP) is 2.20. The summed E-state index contributed by atoms with van der Waals surface area (Å²) in [5.74, 6) is 0.310. The molecule has 1 aliphatic carbocycles. The molecule has 1 fully saturated rings. The minimum Gasteiger partial charge on any atom is -0.352 e. The van der Waals surface area contributed by atoms with Crippen LogP contribution in [0, 0.1) is 5.92 Å². The molecule has 1 aliphatic rings. The zero-order valence-corrected chi connectivity index (χ0v) is 10.7. The fourth-order valence-electron chi connectivity index (χ4n) is 2.40. The zero-order chi connectivity index (χ0) is 12.0. The summed E-state index contributed by atoms with van der Waals surface area (Å²) in [5.41, 5.74) is 6.09. The molecule has 16 heavy (non-hydrogen) atoms. The lowest BCUT2D eigenvalue weighted by Crippen LogP contribution is -2.48. The van der Waals surface area contributed by atoms with Crippen LogP contribution in [-0.4, -0.2) is 18.0 Å². The second-order valence-electron chi connectivity index (χ2n) is 5.11. The first kappa shape index (κ1) is 13.5.